The second-order valence-electron chi connectivity index (χ2n) is 17.9. The molecule has 1 aliphatic carbocycles. The number of aromatic carboxylic acids is 1. The summed E-state index contributed by atoms with van der Waals surface area (Å²) in [5.74, 6) is -4.27. The van der Waals surface area contributed by atoms with Gasteiger partial charge in [0.2, 0.25) is 24.1 Å². The van der Waals surface area contributed by atoms with E-state index in [-0.39, 0.29) is 42.3 Å². The molecule has 1 saturated heterocycles. The number of likely N-dealkylation sites (tertiary alicyclic amines) is 1. The van der Waals surface area contributed by atoms with Crippen LogP contribution < -0.4 is 21.3 Å². The number of esters is 1. The highest BCUT2D eigenvalue weighted by Gasteiger charge is 2.70. The number of hydrogen-bond donors (Lipinski definition) is 5. The van der Waals surface area contributed by atoms with E-state index in [1.807, 2.05) is 13.8 Å². The Morgan fingerprint density at radius 1 is 0.887 bits per heavy atom. The van der Waals surface area contributed by atoms with Gasteiger partial charge in [0.05, 0.1) is 5.56 Å². The van der Waals surface area contributed by atoms with E-state index in [1.54, 1.807) is 74.4 Å². The van der Waals surface area contributed by atoms with Crippen LogP contribution in [-0.4, -0.2) is 95.0 Å². The Hall–Kier alpha value is -4.30. The first kappa shape index (κ1) is 43.1. The van der Waals surface area contributed by atoms with Gasteiger partial charge in [-0.05, 0) is 73.0 Å². The van der Waals surface area contributed by atoms with E-state index in [2.05, 4.69) is 21.3 Å². The van der Waals surface area contributed by atoms with Crippen molar-refractivity contribution in [2.45, 2.75) is 125 Å². The molecule has 296 valence electrons. The van der Waals surface area contributed by atoms with E-state index in [0.29, 0.717) is 5.56 Å². The van der Waals surface area contributed by atoms with Gasteiger partial charge in [-0.1, -0.05) is 67.5 Å². The van der Waals surface area contributed by atoms with Crippen molar-refractivity contribution in [3.05, 3.63) is 35.4 Å². The molecule has 6 atom stereocenters. The topological polar surface area (TPSA) is 183 Å². The largest absolute Gasteiger partial charge is 0.478 e. The third-order valence-corrected chi connectivity index (χ3v) is 9.89. The lowest BCUT2D eigenvalue weighted by atomic mass is 9.85. The van der Waals surface area contributed by atoms with Crippen LogP contribution in [0.15, 0.2) is 24.3 Å². The van der Waals surface area contributed by atoms with Crippen LogP contribution in [0.1, 0.15) is 98.5 Å². The van der Waals surface area contributed by atoms with Gasteiger partial charge in [0, 0.05) is 19.5 Å². The number of fused-ring (bicyclic) bond motifs is 1. The van der Waals surface area contributed by atoms with Gasteiger partial charge in [-0.15, -0.1) is 0 Å². The van der Waals surface area contributed by atoms with E-state index < -0.39 is 89.1 Å². The van der Waals surface area contributed by atoms with Crippen molar-refractivity contribution in [1.29, 1.82) is 0 Å². The number of nitrogens with zero attached hydrogens (tertiary/aromatic N) is 1. The molecule has 13 nitrogen and oxygen atoms in total. The van der Waals surface area contributed by atoms with Crippen LogP contribution in [0.3, 0.4) is 0 Å². The summed E-state index contributed by atoms with van der Waals surface area (Å²) in [6.45, 7) is 19.8. The summed E-state index contributed by atoms with van der Waals surface area (Å²) in [7, 11) is 0. The minimum Gasteiger partial charge on any atom is -0.478 e. The van der Waals surface area contributed by atoms with Crippen molar-refractivity contribution in [2.24, 2.45) is 28.1 Å². The monoisotopic (exact) mass is 749 g/mol. The summed E-state index contributed by atoms with van der Waals surface area (Å²) in [5, 5.41) is 19.5. The zero-order valence-electron chi connectivity index (χ0n) is 32.7. The molecular weight excluding hydrogens is 692 g/mol. The highest BCUT2D eigenvalue weighted by Crippen LogP contribution is 2.65. The number of rotatable bonds is 13. The Morgan fingerprint density at radius 3 is 1.92 bits per heavy atom. The van der Waals surface area contributed by atoms with Gasteiger partial charge in [-0.25, -0.2) is 23.2 Å². The van der Waals surface area contributed by atoms with Gasteiger partial charge < -0.3 is 36.0 Å². The molecule has 0 radical (unpaired) electrons. The van der Waals surface area contributed by atoms with Crippen molar-refractivity contribution in [2.75, 3.05) is 13.1 Å². The molecule has 1 aromatic rings. The summed E-state index contributed by atoms with van der Waals surface area (Å²) in [6, 6.07) is 0.289. The van der Waals surface area contributed by atoms with E-state index in [4.69, 9.17) is 9.84 Å². The van der Waals surface area contributed by atoms with Crippen LogP contribution in [0.4, 0.5) is 13.6 Å². The summed E-state index contributed by atoms with van der Waals surface area (Å²) < 4.78 is 33.0. The van der Waals surface area contributed by atoms with Crippen LogP contribution in [0.2, 0.25) is 0 Å². The average molecular weight is 750 g/mol. The van der Waals surface area contributed by atoms with Crippen LogP contribution >= 0.6 is 0 Å². The number of ether oxygens (including phenoxy) is 1. The van der Waals surface area contributed by atoms with Crippen LogP contribution in [0, 0.1) is 28.1 Å². The fourth-order valence-corrected chi connectivity index (χ4v) is 6.86. The molecule has 1 heterocycles. The number of hydrogen-bond acceptors (Lipinski definition) is 7. The molecule has 1 aliphatic heterocycles. The summed E-state index contributed by atoms with van der Waals surface area (Å²) in [5.41, 5.74) is -1.97. The molecule has 2 fully saturated rings. The molecule has 1 saturated carbocycles. The van der Waals surface area contributed by atoms with Gasteiger partial charge >= 0.3 is 18.0 Å². The lowest BCUT2D eigenvalue weighted by Gasteiger charge is -2.38. The first-order chi connectivity index (χ1) is 24.1. The lowest BCUT2D eigenvalue weighted by Crippen LogP contribution is -2.63. The van der Waals surface area contributed by atoms with Crippen molar-refractivity contribution >= 4 is 35.7 Å². The van der Waals surface area contributed by atoms with Gasteiger partial charge in [0.15, 0.2) is 0 Å². The molecule has 0 spiro atoms. The Morgan fingerprint density at radius 2 is 1.43 bits per heavy atom. The highest BCUT2D eigenvalue weighted by atomic mass is 19.3. The smallest absolute Gasteiger partial charge is 0.335 e. The Kier molecular flexibility index (Phi) is 13.0. The normalized spacial score (nSPS) is 21.1. The zero-order chi connectivity index (χ0) is 40.4. The molecule has 5 amide bonds. The number of piperidine rings is 1. The molecule has 2 unspecified atom stereocenters. The first-order valence-corrected chi connectivity index (χ1v) is 17.9. The Bertz CT molecular complexity index is 1540. The summed E-state index contributed by atoms with van der Waals surface area (Å²) in [4.78, 5) is 80.4. The van der Waals surface area contributed by atoms with Crippen molar-refractivity contribution < 1.29 is 47.4 Å². The van der Waals surface area contributed by atoms with Gasteiger partial charge in [0.1, 0.15) is 29.8 Å². The number of carbonyl (C=O) groups is 6. The minimum absolute atomic E-state index is 0.0393. The molecule has 5 N–H and O–H groups in total. The first-order valence-electron chi connectivity index (χ1n) is 17.9. The fourth-order valence-electron chi connectivity index (χ4n) is 6.86. The number of alkyl halides is 2. The molecule has 3 rings (SSSR count). The predicted octanol–water partition coefficient (Wildman–Crippen LogP) is 4.14. The number of nitrogens with one attached hydrogen (secondary N) is 4. The van der Waals surface area contributed by atoms with E-state index in [0.717, 1.165) is 0 Å². The maximum atomic E-state index is 14.3. The summed E-state index contributed by atoms with van der Waals surface area (Å²) >= 11 is 0. The highest BCUT2D eigenvalue weighted by molar-refractivity contribution is 5.96. The van der Waals surface area contributed by atoms with E-state index in [1.165, 1.54) is 17.0 Å². The standard InChI is InChI=1S/C38H57F2N5O8/c1-35(2,3)27(43-34(52)44-28(36(4,5)6)33(51)53-37(7,8)9)31(48)45-19-22-25(38(22,10)11)26(45)30(47)42-23(18-24(39)40)29(46)41-17-16-20-12-14-21(15-13-20)32(49)50/h12-15,22-28H,16-19H2,1-11H3,(H,41,46)(H,42,47)(H,49,50)(H2,43,44,52)/t22?,23-,25?,26-,27+,28+/m0/s1. The van der Waals surface area contributed by atoms with Gasteiger partial charge in [-0.2, -0.15) is 0 Å². The second-order valence-corrected chi connectivity index (χ2v) is 17.9. The number of benzene rings is 1. The van der Waals surface area contributed by atoms with E-state index in [9.17, 15) is 37.5 Å². The van der Waals surface area contributed by atoms with Crippen LogP contribution in [0.5, 0.6) is 0 Å². The minimum atomic E-state index is -2.92. The zero-order valence-corrected chi connectivity index (χ0v) is 32.7. The molecule has 1 aromatic carbocycles. The molecule has 0 aromatic heterocycles. The molecule has 15 heteroatoms. The fraction of sp³-hybridized carbons (Fsp3) is 0.684. The third kappa shape index (κ3) is 11.1. The van der Waals surface area contributed by atoms with Crippen LogP contribution in [0.25, 0.3) is 0 Å². The average Bonchev–Trinajstić information content (AvgIpc) is 3.31. The SMILES string of the molecule is CC(C)(C)OC(=O)[C@@H](NC(=O)N[C@H](C(=O)N1CC2C([C@H]1C(=O)N[C@@H](CC(F)F)C(=O)NCCc1ccc(C(=O)O)cc1)C2(C)C)C(C)(C)C)C(C)(C)C. The lowest BCUT2D eigenvalue weighted by molar-refractivity contribution is -0.160. The number of carboxylic acids is 1. The number of amides is 5. The maximum Gasteiger partial charge on any atom is 0.335 e. The number of urea groups is 1. The number of carbonyl (C=O) groups excluding carboxylic acids is 5. The quantitative estimate of drug-likeness (QED) is 0.187. The molecule has 53 heavy (non-hydrogen) atoms. The Labute approximate surface area is 310 Å². The second kappa shape index (κ2) is 16.0. The Balaban J connectivity index is 1.78. The van der Waals surface area contributed by atoms with Crippen LogP contribution in [-0.2, 0) is 30.3 Å². The van der Waals surface area contributed by atoms with Gasteiger partial charge in [-0.3, -0.25) is 14.4 Å². The van der Waals surface area contributed by atoms with E-state index >= 15 is 0 Å². The number of carboxylic acid groups (broad SMARTS) is 1. The molecular formula is C38H57F2N5O8. The molecule has 2 aliphatic rings. The van der Waals surface area contributed by atoms with Crippen molar-refractivity contribution in [3.63, 3.8) is 0 Å². The number of halogens is 2. The summed E-state index contributed by atoms with van der Waals surface area (Å²) in [6.07, 6.45) is -3.60. The third-order valence-electron chi connectivity index (χ3n) is 9.89. The van der Waals surface area contributed by atoms with Crippen molar-refractivity contribution in [1.82, 2.24) is 26.2 Å². The predicted molar refractivity (Wildman–Crippen MR) is 193 cm³/mol. The van der Waals surface area contributed by atoms with Crippen molar-refractivity contribution in [3.8, 4) is 0 Å². The van der Waals surface area contributed by atoms with Gasteiger partial charge in [0.25, 0.3) is 0 Å². The molecule has 0 bridgehead atoms. The maximum absolute atomic E-state index is 14.3.